The van der Waals surface area contributed by atoms with Crippen LogP contribution in [-0.2, 0) is 9.59 Å². The number of urea groups is 1. The molecule has 1 aliphatic heterocycles. The highest BCUT2D eigenvalue weighted by Gasteiger charge is 2.29. The summed E-state index contributed by atoms with van der Waals surface area (Å²) >= 11 is 0. The summed E-state index contributed by atoms with van der Waals surface area (Å²) in [7, 11) is 1.73. The Morgan fingerprint density at radius 2 is 1.92 bits per heavy atom. The predicted octanol–water partition coefficient (Wildman–Crippen LogP) is 1.76. The fourth-order valence-electron chi connectivity index (χ4n) is 2.59. The van der Waals surface area contributed by atoms with Crippen LogP contribution in [0.25, 0.3) is 0 Å². The number of unbranched alkanes of at least 4 members (excludes halogenated alkanes) is 1. The molecule has 0 spiro atoms. The van der Waals surface area contributed by atoms with Crippen molar-refractivity contribution >= 4 is 23.5 Å². The van der Waals surface area contributed by atoms with Crippen LogP contribution in [0.3, 0.4) is 0 Å². The van der Waals surface area contributed by atoms with E-state index >= 15 is 0 Å². The van der Waals surface area contributed by atoms with Gasteiger partial charge in [0.05, 0.1) is 6.54 Å². The first-order valence-corrected chi connectivity index (χ1v) is 8.74. The van der Waals surface area contributed by atoms with Crippen molar-refractivity contribution in [3.8, 4) is 0 Å². The second-order valence-corrected chi connectivity index (χ2v) is 6.34. The fraction of sp³-hybridized carbons (Fsp3) is 0.500. The average Bonchev–Trinajstić information content (AvgIpc) is 2.63. The Labute approximate surface area is 152 Å². The van der Waals surface area contributed by atoms with Crippen LogP contribution >= 0.6 is 0 Å². The van der Waals surface area contributed by atoms with E-state index in [1.165, 1.54) is 34.1 Å². The van der Waals surface area contributed by atoms with Crippen molar-refractivity contribution in [2.75, 3.05) is 45.1 Å². The van der Waals surface area contributed by atoms with Crippen LogP contribution < -0.4 is 5.32 Å². The minimum absolute atomic E-state index is 0.0342. The summed E-state index contributed by atoms with van der Waals surface area (Å²) in [5.74, 6) is -0.751. The Balaban J connectivity index is 1.83. The number of halogens is 1. The molecule has 0 unspecified atom stereocenters. The van der Waals surface area contributed by atoms with E-state index in [9.17, 15) is 18.8 Å². The topological polar surface area (TPSA) is 73.0 Å². The van der Waals surface area contributed by atoms with Crippen LogP contribution in [0.2, 0.25) is 0 Å². The highest BCUT2D eigenvalue weighted by atomic mass is 19.1. The molecular formula is C18H25FN4O3. The molecule has 0 aliphatic carbocycles. The summed E-state index contributed by atoms with van der Waals surface area (Å²) in [6.07, 6.45) is 1.92. The van der Waals surface area contributed by atoms with Crippen molar-refractivity contribution in [2.24, 2.45) is 0 Å². The fourth-order valence-corrected chi connectivity index (χ4v) is 2.59. The van der Waals surface area contributed by atoms with E-state index in [4.69, 9.17) is 0 Å². The maximum atomic E-state index is 12.9. The maximum Gasteiger partial charge on any atom is 0.322 e. The van der Waals surface area contributed by atoms with Crippen molar-refractivity contribution in [1.82, 2.24) is 14.7 Å². The molecule has 0 radical (unpaired) electrons. The van der Waals surface area contributed by atoms with Gasteiger partial charge < -0.3 is 20.0 Å². The molecule has 7 nitrogen and oxygen atoms in total. The molecule has 142 valence electrons. The summed E-state index contributed by atoms with van der Waals surface area (Å²) in [6.45, 7) is 3.32. The van der Waals surface area contributed by atoms with Crippen molar-refractivity contribution in [3.05, 3.63) is 30.1 Å². The first kappa shape index (κ1) is 19.7. The Bertz CT molecular complexity index is 650. The van der Waals surface area contributed by atoms with Crippen molar-refractivity contribution in [2.45, 2.75) is 19.8 Å². The second kappa shape index (κ2) is 9.17. The number of hydrogen-bond acceptors (Lipinski definition) is 3. The zero-order valence-electron chi connectivity index (χ0n) is 15.2. The molecule has 1 heterocycles. The van der Waals surface area contributed by atoms with Gasteiger partial charge in [-0.15, -0.1) is 0 Å². The molecule has 0 aromatic heterocycles. The number of amides is 4. The van der Waals surface area contributed by atoms with Gasteiger partial charge in [-0.05, 0) is 30.7 Å². The lowest BCUT2D eigenvalue weighted by atomic mass is 10.3. The van der Waals surface area contributed by atoms with Gasteiger partial charge >= 0.3 is 6.03 Å². The van der Waals surface area contributed by atoms with E-state index < -0.39 is 6.03 Å². The first-order chi connectivity index (χ1) is 12.4. The Morgan fingerprint density at radius 3 is 2.54 bits per heavy atom. The third-order valence-electron chi connectivity index (χ3n) is 4.30. The number of carbonyl (C=O) groups excluding carboxylic acids is 3. The molecule has 2 rings (SSSR count). The Kier molecular flexibility index (Phi) is 6.94. The monoisotopic (exact) mass is 364 g/mol. The summed E-state index contributed by atoms with van der Waals surface area (Å²) in [4.78, 5) is 41.1. The largest absolute Gasteiger partial charge is 0.344 e. The van der Waals surface area contributed by atoms with Gasteiger partial charge in [0.1, 0.15) is 12.4 Å². The normalized spacial score (nSPS) is 14.3. The summed E-state index contributed by atoms with van der Waals surface area (Å²) in [5.41, 5.74) is 0.457. The van der Waals surface area contributed by atoms with E-state index in [1.807, 2.05) is 0 Å². The quantitative estimate of drug-likeness (QED) is 0.836. The first-order valence-electron chi connectivity index (χ1n) is 8.74. The van der Waals surface area contributed by atoms with E-state index in [2.05, 4.69) is 12.2 Å². The standard InChI is InChI=1S/C18H25FN4O3/c1-3-4-9-21(2)16(24)12-22-10-11-23(13-17(22)25)18(26)20-15-7-5-14(19)6-8-15/h5-8H,3-4,9-13H2,1-2H3,(H,20,26). The minimum atomic E-state index is -0.420. The van der Waals surface area contributed by atoms with E-state index in [0.717, 1.165) is 12.8 Å². The molecule has 26 heavy (non-hydrogen) atoms. The van der Waals surface area contributed by atoms with Gasteiger partial charge in [-0.25, -0.2) is 9.18 Å². The van der Waals surface area contributed by atoms with Gasteiger partial charge in [0.2, 0.25) is 11.8 Å². The number of carbonyl (C=O) groups is 3. The van der Waals surface area contributed by atoms with Gasteiger partial charge in [0, 0.05) is 32.4 Å². The SMILES string of the molecule is CCCCN(C)C(=O)CN1CCN(C(=O)Nc2ccc(F)cc2)CC1=O. The molecule has 1 saturated heterocycles. The number of benzene rings is 1. The lowest BCUT2D eigenvalue weighted by molar-refractivity contribution is -0.142. The van der Waals surface area contributed by atoms with Crippen LogP contribution in [0.5, 0.6) is 0 Å². The van der Waals surface area contributed by atoms with Crippen LogP contribution in [0.1, 0.15) is 19.8 Å². The van der Waals surface area contributed by atoms with Gasteiger partial charge in [-0.1, -0.05) is 13.3 Å². The number of anilines is 1. The third-order valence-corrected chi connectivity index (χ3v) is 4.30. The number of nitrogens with one attached hydrogen (secondary N) is 1. The molecule has 1 aromatic carbocycles. The molecule has 8 heteroatoms. The minimum Gasteiger partial charge on any atom is -0.344 e. The number of piperazine rings is 1. The van der Waals surface area contributed by atoms with Gasteiger partial charge in [-0.2, -0.15) is 0 Å². The van der Waals surface area contributed by atoms with E-state index in [-0.39, 0.29) is 30.7 Å². The molecule has 0 atom stereocenters. The second-order valence-electron chi connectivity index (χ2n) is 6.34. The number of rotatable bonds is 6. The summed E-state index contributed by atoms with van der Waals surface area (Å²) in [5, 5.41) is 2.63. The van der Waals surface area contributed by atoms with Crippen molar-refractivity contribution in [1.29, 1.82) is 0 Å². The van der Waals surface area contributed by atoms with E-state index in [0.29, 0.717) is 25.3 Å². The third kappa shape index (κ3) is 5.44. The highest BCUT2D eigenvalue weighted by Crippen LogP contribution is 2.11. The zero-order chi connectivity index (χ0) is 19.1. The Morgan fingerprint density at radius 1 is 1.23 bits per heavy atom. The van der Waals surface area contributed by atoms with Crippen LogP contribution in [-0.4, -0.2) is 72.3 Å². The maximum absolute atomic E-state index is 12.9. The molecule has 0 saturated carbocycles. The lowest BCUT2D eigenvalue weighted by Crippen LogP contribution is -2.55. The van der Waals surface area contributed by atoms with Gasteiger partial charge in [0.15, 0.2) is 0 Å². The molecular weight excluding hydrogens is 339 g/mol. The van der Waals surface area contributed by atoms with Crippen LogP contribution in [0.15, 0.2) is 24.3 Å². The molecule has 1 fully saturated rings. The van der Waals surface area contributed by atoms with Gasteiger partial charge in [0.25, 0.3) is 0 Å². The highest BCUT2D eigenvalue weighted by molar-refractivity contribution is 5.94. The van der Waals surface area contributed by atoms with Crippen LogP contribution in [0, 0.1) is 5.82 Å². The Hall–Kier alpha value is -2.64. The predicted molar refractivity (Wildman–Crippen MR) is 96.1 cm³/mol. The lowest BCUT2D eigenvalue weighted by Gasteiger charge is -2.34. The molecule has 4 amide bonds. The van der Waals surface area contributed by atoms with Crippen molar-refractivity contribution in [3.63, 3.8) is 0 Å². The zero-order valence-corrected chi connectivity index (χ0v) is 15.2. The smallest absolute Gasteiger partial charge is 0.322 e. The molecule has 0 bridgehead atoms. The molecule has 1 aromatic rings. The van der Waals surface area contributed by atoms with Crippen LogP contribution in [0.4, 0.5) is 14.9 Å². The molecule has 1 N–H and O–H groups in total. The van der Waals surface area contributed by atoms with E-state index in [1.54, 1.807) is 11.9 Å². The van der Waals surface area contributed by atoms with Crippen molar-refractivity contribution < 1.29 is 18.8 Å². The summed E-state index contributed by atoms with van der Waals surface area (Å²) < 4.78 is 12.9. The average molecular weight is 364 g/mol. The number of nitrogens with zero attached hydrogens (tertiary/aromatic N) is 3. The summed E-state index contributed by atoms with van der Waals surface area (Å²) in [6, 6.07) is 4.99. The molecule has 1 aliphatic rings. The number of hydrogen-bond donors (Lipinski definition) is 1. The number of likely N-dealkylation sites (N-methyl/N-ethyl adjacent to an activating group) is 1. The van der Waals surface area contributed by atoms with Gasteiger partial charge in [-0.3, -0.25) is 9.59 Å².